The van der Waals surface area contributed by atoms with Crippen LogP contribution in [0.1, 0.15) is 35.6 Å². The number of hydrogen-bond acceptors (Lipinski definition) is 3. The van der Waals surface area contributed by atoms with E-state index in [2.05, 4.69) is 9.73 Å². The average Bonchev–Trinajstić information content (AvgIpc) is 3.14. The van der Waals surface area contributed by atoms with Crippen molar-refractivity contribution < 1.29 is 35.9 Å². The van der Waals surface area contributed by atoms with Gasteiger partial charge in [-0.25, -0.2) is 0 Å². The molecule has 1 unspecified atom stereocenters. The Morgan fingerprint density at radius 3 is 2.22 bits per heavy atom. The quantitative estimate of drug-likeness (QED) is 0.313. The van der Waals surface area contributed by atoms with E-state index >= 15 is 0 Å². The summed E-state index contributed by atoms with van der Waals surface area (Å²) >= 11 is 5.94. The first-order valence-electron chi connectivity index (χ1n) is 11.0. The topological polar surface area (TPSA) is 41.9 Å². The molecular weight excluding hydrogens is 522 g/mol. The number of alkyl halides is 6. The third-order valence-electron chi connectivity index (χ3n) is 5.84. The highest BCUT2D eigenvalue weighted by Gasteiger charge is 2.40. The van der Waals surface area contributed by atoms with Gasteiger partial charge in [0.2, 0.25) is 0 Å². The van der Waals surface area contributed by atoms with Gasteiger partial charge in [-0.3, -0.25) is 9.79 Å². The van der Waals surface area contributed by atoms with Crippen LogP contribution in [0.15, 0.2) is 77.8 Å². The third kappa shape index (κ3) is 6.25. The van der Waals surface area contributed by atoms with Crippen LogP contribution >= 0.6 is 11.6 Å². The first kappa shape index (κ1) is 26.5. The Hall–Kier alpha value is -3.53. The fraction of sp³-hybridized carbons (Fsp3) is 0.231. The number of benzene rings is 3. The molecule has 0 N–H and O–H groups in total. The molecule has 4 nitrogen and oxygen atoms in total. The Kier molecular flexibility index (Phi) is 7.23. The predicted octanol–water partition coefficient (Wildman–Crippen LogP) is 7.59. The molecule has 3 aromatic carbocycles. The van der Waals surface area contributed by atoms with E-state index in [-0.39, 0.29) is 17.9 Å². The lowest BCUT2D eigenvalue weighted by atomic mass is 9.95. The highest BCUT2D eigenvalue weighted by atomic mass is 35.5. The molecule has 194 valence electrons. The van der Waals surface area contributed by atoms with E-state index in [1.54, 1.807) is 37.3 Å². The van der Waals surface area contributed by atoms with Crippen molar-refractivity contribution >= 4 is 28.9 Å². The number of aliphatic imine (C=N–C) groups is 1. The molecule has 3 aromatic rings. The Morgan fingerprint density at radius 2 is 1.62 bits per heavy atom. The van der Waals surface area contributed by atoms with Crippen molar-refractivity contribution in [3.63, 3.8) is 0 Å². The van der Waals surface area contributed by atoms with Gasteiger partial charge in [0.15, 0.2) is 0 Å². The lowest BCUT2D eigenvalue weighted by molar-refractivity contribution is -0.274. The van der Waals surface area contributed by atoms with Crippen molar-refractivity contribution in [3.8, 4) is 5.75 Å². The maximum absolute atomic E-state index is 13.4. The fourth-order valence-corrected chi connectivity index (χ4v) is 4.18. The Balaban J connectivity index is 1.73. The highest BCUT2D eigenvalue weighted by Crippen LogP contribution is 2.36. The molecule has 0 bridgehead atoms. The molecule has 1 amide bonds. The molecule has 1 heterocycles. The molecular formula is C26H19ClF6N2O2. The zero-order chi connectivity index (χ0) is 27.0. The normalized spacial score (nSPS) is 18.4. The maximum atomic E-state index is 13.4. The van der Waals surface area contributed by atoms with Gasteiger partial charge in [-0.2, -0.15) is 13.2 Å². The first-order valence-corrected chi connectivity index (χ1v) is 11.4. The van der Waals surface area contributed by atoms with Crippen LogP contribution in [0.25, 0.3) is 0 Å². The Labute approximate surface area is 213 Å². The van der Waals surface area contributed by atoms with Gasteiger partial charge in [0.05, 0.1) is 11.6 Å². The summed E-state index contributed by atoms with van der Waals surface area (Å²) in [5, 5.41) is 0.508. The zero-order valence-electron chi connectivity index (χ0n) is 19.1. The van der Waals surface area contributed by atoms with E-state index in [9.17, 15) is 31.1 Å². The van der Waals surface area contributed by atoms with Crippen molar-refractivity contribution in [3.05, 3.63) is 94.5 Å². The smallest absolute Gasteiger partial charge is 0.406 e. The highest BCUT2D eigenvalue weighted by molar-refractivity contribution is 6.48. The van der Waals surface area contributed by atoms with E-state index in [0.717, 1.165) is 23.8 Å². The van der Waals surface area contributed by atoms with E-state index in [1.165, 1.54) is 29.2 Å². The van der Waals surface area contributed by atoms with Crippen LogP contribution in [0.5, 0.6) is 5.75 Å². The van der Waals surface area contributed by atoms with E-state index in [1.807, 2.05) is 0 Å². The molecule has 0 radical (unpaired) electrons. The molecule has 4 rings (SSSR count). The molecule has 0 saturated carbocycles. The summed E-state index contributed by atoms with van der Waals surface area (Å²) in [5.41, 5.74) is 0.473. The van der Waals surface area contributed by atoms with Crippen molar-refractivity contribution in [2.45, 2.75) is 31.4 Å². The molecule has 11 heteroatoms. The molecule has 0 spiro atoms. The van der Waals surface area contributed by atoms with Gasteiger partial charge in [0, 0.05) is 23.2 Å². The SMILES string of the molecule is C[C@@H](N=C1C(=O)N(c2ccc(C(F)(F)F)cc2)CC1c1cccc(OC(F)(F)F)c1)c1ccc(Cl)cc1. The van der Waals surface area contributed by atoms with Crippen LogP contribution in [0.4, 0.5) is 32.0 Å². The van der Waals surface area contributed by atoms with E-state index in [4.69, 9.17) is 11.6 Å². The largest absolute Gasteiger partial charge is 0.573 e. The van der Waals surface area contributed by atoms with Gasteiger partial charge in [0.25, 0.3) is 5.91 Å². The molecule has 1 saturated heterocycles. The lowest BCUT2D eigenvalue weighted by Crippen LogP contribution is -2.27. The van der Waals surface area contributed by atoms with E-state index in [0.29, 0.717) is 10.6 Å². The maximum Gasteiger partial charge on any atom is 0.573 e. The van der Waals surface area contributed by atoms with Crippen LogP contribution in [0.3, 0.4) is 0 Å². The summed E-state index contributed by atoms with van der Waals surface area (Å²) < 4.78 is 81.4. The van der Waals surface area contributed by atoms with E-state index < -0.39 is 41.7 Å². The molecule has 0 aliphatic carbocycles. The van der Waals surface area contributed by atoms with Gasteiger partial charge in [0.1, 0.15) is 11.5 Å². The summed E-state index contributed by atoms with van der Waals surface area (Å²) in [5.74, 6) is -1.79. The summed E-state index contributed by atoms with van der Waals surface area (Å²) in [6.07, 6.45) is -9.45. The van der Waals surface area contributed by atoms with Gasteiger partial charge >= 0.3 is 12.5 Å². The Morgan fingerprint density at radius 1 is 0.973 bits per heavy atom. The third-order valence-corrected chi connectivity index (χ3v) is 6.10. The number of nitrogens with zero attached hydrogens (tertiary/aromatic N) is 2. The van der Waals surface area contributed by atoms with Gasteiger partial charge in [-0.15, -0.1) is 13.2 Å². The molecule has 1 aliphatic heterocycles. The summed E-state index contributed by atoms with van der Waals surface area (Å²) in [7, 11) is 0. The summed E-state index contributed by atoms with van der Waals surface area (Å²) in [4.78, 5) is 19.3. The zero-order valence-corrected chi connectivity index (χ0v) is 19.9. The number of hydrogen-bond donors (Lipinski definition) is 0. The number of carbonyl (C=O) groups is 1. The lowest BCUT2D eigenvalue weighted by Gasteiger charge is -2.17. The van der Waals surface area contributed by atoms with Crippen molar-refractivity contribution in [1.82, 2.24) is 0 Å². The van der Waals surface area contributed by atoms with Crippen LogP contribution in [0, 0.1) is 0 Å². The van der Waals surface area contributed by atoms with Crippen molar-refractivity contribution in [2.75, 3.05) is 11.4 Å². The van der Waals surface area contributed by atoms with Crippen LogP contribution < -0.4 is 9.64 Å². The van der Waals surface area contributed by atoms with Crippen LogP contribution in [0.2, 0.25) is 5.02 Å². The standard InChI is InChI=1S/C26H19ClF6N2O2/c1-15(16-5-9-19(27)10-6-16)34-23-22(17-3-2-4-21(13-17)37-26(31,32)33)14-35(24(23)36)20-11-7-18(8-12-20)25(28,29)30/h2-13,15,22H,14H2,1H3/t15-,22?/m1/s1. The second kappa shape index (κ2) is 10.1. The van der Waals surface area contributed by atoms with Gasteiger partial charge in [-0.05, 0) is 66.6 Å². The number of ether oxygens (including phenoxy) is 1. The summed E-state index contributed by atoms with van der Waals surface area (Å²) in [6.45, 7) is 1.70. The van der Waals surface area contributed by atoms with Crippen molar-refractivity contribution in [2.24, 2.45) is 4.99 Å². The second-order valence-corrected chi connectivity index (χ2v) is 8.81. The molecule has 37 heavy (non-hydrogen) atoms. The number of amides is 1. The van der Waals surface area contributed by atoms with Gasteiger partial charge < -0.3 is 9.64 Å². The number of carbonyl (C=O) groups excluding carboxylic acids is 1. The molecule has 2 atom stereocenters. The minimum absolute atomic E-state index is 0.0359. The minimum atomic E-state index is -4.91. The average molecular weight is 541 g/mol. The Bertz CT molecular complexity index is 1300. The molecule has 1 aliphatic rings. The number of rotatable bonds is 5. The van der Waals surface area contributed by atoms with Crippen LogP contribution in [-0.2, 0) is 11.0 Å². The van der Waals surface area contributed by atoms with Crippen LogP contribution in [-0.4, -0.2) is 24.5 Å². The molecule has 0 aromatic heterocycles. The monoisotopic (exact) mass is 540 g/mol. The predicted molar refractivity (Wildman–Crippen MR) is 127 cm³/mol. The summed E-state index contributed by atoms with van der Waals surface area (Å²) in [6, 6.07) is 15.6. The minimum Gasteiger partial charge on any atom is -0.406 e. The van der Waals surface area contributed by atoms with Crippen molar-refractivity contribution in [1.29, 1.82) is 0 Å². The fourth-order valence-electron chi connectivity index (χ4n) is 4.05. The molecule has 1 fully saturated rings. The van der Waals surface area contributed by atoms with Gasteiger partial charge in [-0.1, -0.05) is 35.9 Å². The number of anilines is 1. The number of halogens is 7. The first-order chi connectivity index (χ1) is 17.3. The second-order valence-electron chi connectivity index (χ2n) is 8.38.